The first-order valence-electron chi connectivity index (χ1n) is 6.49. The molecule has 0 aromatic heterocycles. The summed E-state index contributed by atoms with van der Waals surface area (Å²) >= 11 is 0. The number of amides is 1. The SMILES string of the molecule is Cc1ccccc1NC(=O)[C@H]1COc2ccccc2O1. The van der Waals surface area contributed by atoms with Crippen molar-refractivity contribution in [3.05, 3.63) is 54.1 Å². The number of hydrogen-bond acceptors (Lipinski definition) is 3. The van der Waals surface area contributed by atoms with Gasteiger partial charge < -0.3 is 14.8 Å². The quantitative estimate of drug-likeness (QED) is 0.912. The molecule has 0 unspecified atom stereocenters. The lowest BCUT2D eigenvalue weighted by Gasteiger charge is -2.25. The summed E-state index contributed by atoms with van der Waals surface area (Å²) in [5.41, 5.74) is 1.80. The van der Waals surface area contributed by atoms with Gasteiger partial charge in [0.05, 0.1) is 0 Å². The van der Waals surface area contributed by atoms with E-state index in [1.807, 2.05) is 49.4 Å². The van der Waals surface area contributed by atoms with Gasteiger partial charge in [0.1, 0.15) is 6.61 Å². The lowest BCUT2D eigenvalue weighted by atomic mass is 10.2. The number of ether oxygens (including phenoxy) is 2. The molecule has 0 bridgehead atoms. The first-order valence-corrected chi connectivity index (χ1v) is 6.49. The van der Waals surface area contributed by atoms with E-state index in [1.54, 1.807) is 6.07 Å². The molecule has 0 aliphatic carbocycles. The lowest BCUT2D eigenvalue weighted by molar-refractivity contribution is -0.125. The zero-order valence-corrected chi connectivity index (χ0v) is 11.1. The molecule has 0 saturated heterocycles. The topological polar surface area (TPSA) is 47.6 Å². The summed E-state index contributed by atoms with van der Waals surface area (Å²) in [6.07, 6.45) is -0.635. The fraction of sp³-hybridized carbons (Fsp3) is 0.188. The maximum Gasteiger partial charge on any atom is 0.269 e. The fourth-order valence-electron chi connectivity index (χ4n) is 2.08. The van der Waals surface area contributed by atoms with E-state index in [2.05, 4.69) is 5.32 Å². The van der Waals surface area contributed by atoms with Gasteiger partial charge in [-0.2, -0.15) is 0 Å². The Kier molecular flexibility index (Phi) is 3.29. The first kappa shape index (κ1) is 12.5. The van der Waals surface area contributed by atoms with E-state index in [9.17, 15) is 4.79 Å². The Morgan fingerprint density at radius 3 is 2.60 bits per heavy atom. The van der Waals surface area contributed by atoms with Crippen molar-refractivity contribution in [3.8, 4) is 11.5 Å². The largest absolute Gasteiger partial charge is 0.485 e. The van der Waals surface area contributed by atoms with Crippen LogP contribution < -0.4 is 14.8 Å². The maximum atomic E-state index is 12.2. The third kappa shape index (κ3) is 2.45. The van der Waals surface area contributed by atoms with Gasteiger partial charge in [0.2, 0.25) is 6.10 Å². The Morgan fingerprint density at radius 2 is 1.80 bits per heavy atom. The Morgan fingerprint density at radius 1 is 1.10 bits per heavy atom. The van der Waals surface area contributed by atoms with Crippen molar-refractivity contribution in [2.45, 2.75) is 13.0 Å². The van der Waals surface area contributed by atoms with Crippen LogP contribution in [-0.2, 0) is 4.79 Å². The first-order chi connectivity index (χ1) is 9.74. The summed E-state index contributed by atoms with van der Waals surface area (Å²) in [5, 5.41) is 2.87. The molecule has 3 rings (SSSR count). The van der Waals surface area contributed by atoms with Crippen molar-refractivity contribution in [1.82, 2.24) is 0 Å². The average Bonchev–Trinajstić information content (AvgIpc) is 2.49. The van der Waals surface area contributed by atoms with Crippen molar-refractivity contribution in [2.75, 3.05) is 11.9 Å². The number of fused-ring (bicyclic) bond motifs is 1. The van der Waals surface area contributed by atoms with E-state index in [0.717, 1.165) is 11.3 Å². The Labute approximate surface area is 117 Å². The van der Waals surface area contributed by atoms with Crippen molar-refractivity contribution in [1.29, 1.82) is 0 Å². The summed E-state index contributed by atoms with van der Waals surface area (Å²) in [6, 6.07) is 15.0. The number of hydrogen-bond donors (Lipinski definition) is 1. The average molecular weight is 269 g/mol. The van der Waals surface area contributed by atoms with Gasteiger partial charge in [0.15, 0.2) is 11.5 Å². The highest BCUT2D eigenvalue weighted by Gasteiger charge is 2.27. The highest BCUT2D eigenvalue weighted by molar-refractivity contribution is 5.95. The number of para-hydroxylation sites is 3. The van der Waals surface area contributed by atoms with E-state index in [-0.39, 0.29) is 12.5 Å². The van der Waals surface area contributed by atoms with Gasteiger partial charge >= 0.3 is 0 Å². The molecule has 1 heterocycles. The molecule has 1 amide bonds. The maximum absolute atomic E-state index is 12.2. The van der Waals surface area contributed by atoms with Crippen LogP contribution in [0.25, 0.3) is 0 Å². The monoisotopic (exact) mass is 269 g/mol. The molecule has 0 saturated carbocycles. The molecule has 4 heteroatoms. The standard InChI is InChI=1S/C16H15NO3/c1-11-6-2-3-7-12(11)17-16(18)15-10-19-13-8-4-5-9-14(13)20-15/h2-9,15H,10H2,1H3,(H,17,18)/t15-/m1/s1. The summed E-state index contributed by atoms with van der Waals surface area (Å²) < 4.78 is 11.2. The number of aryl methyl sites for hydroxylation is 1. The van der Waals surface area contributed by atoms with Crippen LogP contribution in [0.1, 0.15) is 5.56 Å². The molecule has 2 aromatic carbocycles. The molecule has 1 N–H and O–H groups in total. The van der Waals surface area contributed by atoms with Crippen LogP contribution in [0.15, 0.2) is 48.5 Å². The van der Waals surface area contributed by atoms with Crippen LogP contribution in [0.2, 0.25) is 0 Å². The number of benzene rings is 2. The van der Waals surface area contributed by atoms with E-state index >= 15 is 0 Å². The summed E-state index contributed by atoms with van der Waals surface area (Å²) in [4.78, 5) is 12.2. The normalized spacial score (nSPS) is 16.6. The van der Waals surface area contributed by atoms with Gasteiger partial charge in [0.25, 0.3) is 5.91 Å². The van der Waals surface area contributed by atoms with Crippen molar-refractivity contribution in [2.24, 2.45) is 0 Å². The van der Waals surface area contributed by atoms with Crippen LogP contribution >= 0.6 is 0 Å². The van der Waals surface area contributed by atoms with Gasteiger partial charge in [-0.25, -0.2) is 0 Å². The highest BCUT2D eigenvalue weighted by Crippen LogP contribution is 2.31. The molecule has 0 radical (unpaired) electrons. The summed E-state index contributed by atoms with van der Waals surface area (Å²) in [7, 11) is 0. The molecule has 1 atom stereocenters. The fourth-order valence-corrected chi connectivity index (χ4v) is 2.08. The molecule has 2 aromatic rings. The number of carbonyl (C=O) groups is 1. The molecule has 1 aliphatic heterocycles. The zero-order valence-electron chi connectivity index (χ0n) is 11.1. The van der Waals surface area contributed by atoms with Crippen LogP contribution in [0.4, 0.5) is 5.69 Å². The molecule has 4 nitrogen and oxygen atoms in total. The molecule has 0 spiro atoms. The molecule has 102 valence electrons. The van der Waals surface area contributed by atoms with Crippen molar-refractivity contribution >= 4 is 11.6 Å². The van der Waals surface area contributed by atoms with Gasteiger partial charge in [0, 0.05) is 5.69 Å². The van der Waals surface area contributed by atoms with Crippen LogP contribution in [0.5, 0.6) is 11.5 Å². The minimum atomic E-state index is -0.635. The van der Waals surface area contributed by atoms with Crippen LogP contribution in [-0.4, -0.2) is 18.6 Å². The lowest BCUT2D eigenvalue weighted by Crippen LogP contribution is -2.40. The Bertz CT molecular complexity index is 639. The van der Waals surface area contributed by atoms with E-state index in [0.29, 0.717) is 11.5 Å². The summed E-state index contributed by atoms with van der Waals surface area (Å²) in [6.45, 7) is 2.16. The van der Waals surface area contributed by atoms with Gasteiger partial charge in [-0.1, -0.05) is 30.3 Å². The minimum absolute atomic E-state index is 0.200. The van der Waals surface area contributed by atoms with E-state index in [4.69, 9.17) is 9.47 Å². The van der Waals surface area contributed by atoms with Gasteiger partial charge in [-0.05, 0) is 30.7 Å². The summed E-state index contributed by atoms with van der Waals surface area (Å²) in [5.74, 6) is 1.07. The Hall–Kier alpha value is -2.49. The molecular weight excluding hydrogens is 254 g/mol. The van der Waals surface area contributed by atoms with Crippen LogP contribution in [0.3, 0.4) is 0 Å². The second-order valence-electron chi connectivity index (χ2n) is 4.67. The van der Waals surface area contributed by atoms with Crippen LogP contribution in [0, 0.1) is 6.92 Å². The molecular formula is C16H15NO3. The molecule has 20 heavy (non-hydrogen) atoms. The number of nitrogens with one attached hydrogen (secondary N) is 1. The van der Waals surface area contributed by atoms with Gasteiger partial charge in [-0.15, -0.1) is 0 Å². The predicted molar refractivity (Wildman–Crippen MR) is 76.2 cm³/mol. The number of rotatable bonds is 2. The van der Waals surface area contributed by atoms with E-state index in [1.165, 1.54) is 0 Å². The Balaban J connectivity index is 1.72. The number of carbonyl (C=O) groups excluding carboxylic acids is 1. The van der Waals surface area contributed by atoms with Gasteiger partial charge in [-0.3, -0.25) is 4.79 Å². The smallest absolute Gasteiger partial charge is 0.269 e. The third-order valence-electron chi connectivity index (χ3n) is 3.20. The second kappa shape index (κ2) is 5.25. The molecule has 0 fully saturated rings. The second-order valence-corrected chi connectivity index (χ2v) is 4.67. The molecule has 1 aliphatic rings. The minimum Gasteiger partial charge on any atom is -0.485 e. The van der Waals surface area contributed by atoms with Crippen molar-refractivity contribution in [3.63, 3.8) is 0 Å². The third-order valence-corrected chi connectivity index (χ3v) is 3.20. The predicted octanol–water partition coefficient (Wildman–Crippen LogP) is 2.77. The zero-order chi connectivity index (χ0) is 13.9. The van der Waals surface area contributed by atoms with Crippen molar-refractivity contribution < 1.29 is 14.3 Å². The van der Waals surface area contributed by atoms with E-state index < -0.39 is 6.10 Å². The number of anilines is 1. The highest BCUT2D eigenvalue weighted by atomic mass is 16.6.